The van der Waals surface area contributed by atoms with Crippen molar-refractivity contribution in [2.45, 2.75) is 19.4 Å². The van der Waals surface area contributed by atoms with E-state index < -0.39 is 5.91 Å². The quantitative estimate of drug-likeness (QED) is 0.314. The summed E-state index contributed by atoms with van der Waals surface area (Å²) in [5, 5.41) is 16.3. The van der Waals surface area contributed by atoms with Gasteiger partial charge in [-0.05, 0) is 73.0 Å². The zero-order valence-corrected chi connectivity index (χ0v) is 22.9. The number of carbonyl (C=O) groups is 2. The van der Waals surface area contributed by atoms with E-state index in [1.165, 1.54) is 0 Å². The predicted molar refractivity (Wildman–Crippen MR) is 157 cm³/mol. The third-order valence-corrected chi connectivity index (χ3v) is 8.02. The molecule has 204 valence electrons. The highest BCUT2D eigenvalue weighted by molar-refractivity contribution is 8.18. The molecule has 0 saturated carbocycles. The fraction of sp³-hybridized carbons (Fsp3) is 0.233. The second-order valence-corrected chi connectivity index (χ2v) is 10.9. The minimum atomic E-state index is -0.397. The molecule has 2 fully saturated rings. The van der Waals surface area contributed by atoms with Crippen LogP contribution in [0.4, 0.5) is 10.7 Å². The number of piperidine rings is 1. The fourth-order valence-corrected chi connectivity index (χ4v) is 5.78. The molecule has 2 aliphatic rings. The lowest BCUT2D eigenvalue weighted by atomic mass is 9.97. The van der Waals surface area contributed by atoms with Crippen molar-refractivity contribution in [1.82, 2.24) is 30.6 Å². The Bertz CT molecular complexity index is 1700. The van der Waals surface area contributed by atoms with Gasteiger partial charge in [0.05, 0.1) is 27.4 Å². The molecule has 3 aromatic heterocycles. The summed E-state index contributed by atoms with van der Waals surface area (Å²) >= 11 is 0.876. The Labute approximate surface area is 240 Å². The van der Waals surface area contributed by atoms with Gasteiger partial charge in [0.15, 0.2) is 0 Å². The molecule has 0 bridgehead atoms. The molecule has 2 amide bonds. The van der Waals surface area contributed by atoms with E-state index in [2.05, 4.69) is 41.5 Å². The summed E-state index contributed by atoms with van der Waals surface area (Å²) in [6.45, 7) is 3.15. The van der Waals surface area contributed by atoms with Crippen molar-refractivity contribution in [3.63, 3.8) is 0 Å². The predicted octanol–water partition coefficient (Wildman–Crippen LogP) is 4.29. The van der Waals surface area contributed by atoms with E-state index in [0.717, 1.165) is 66.3 Å². The third kappa shape index (κ3) is 5.94. The molecule has 11 heteroatoms. The average Bonchev–Trinajstić information content (AvgIpc) is 3.33. The lowest BCUT2D eigenvalue weighted by Crippen LogP contribution is -2.38. The number of nitriles is 1. The highest BCUT2D eigenvalue weighted by atomic mass is 32.2. The van der Waals surface area contributed by atoms with Crippen molar-refractivity contribution in [2.75, 3.05) is 24.5 Å². The molecule has 0 spiro atoms. The van der Waals surface area contributed by atoms with E-state index in [1.807, 2.05) is 42.6 Å². The van der Waals surface area contributed by atoms with Gasteiger partial charge in [-0.25, -0.2) is 9.97 Å². The smallest absolute Gasteiger partial charge is 0.290 e. The van der Waals surface area contributed by atoms with E-state index in [4.69, 9.17) is 0 Å². The topological polar surface area (TPSA) is 137 Å². The summed E-state index contributed by atoms with van der Waals surface area (Å²) in [4.78, 5) is 43.8. The van der Waals surface area contributed by atoms with Gasteiger partial charge in [-0.3, -0.25) is 24.9 Å². The molecule has 6 rings (SSSR count). The summed E-state index contributed by atoms with van der Waals surface area (Å²) in [5.74, 6) is 0.732. The van der Waals surface area contributed by atoms with Crippen molar-refractivity contribution in [3.8, 4) is 17.3 Å². The Balaban J connectivity index is 1.03. The van der Waals surface area contributed by atoms with Crippen LogP contribution in [0.25, 0.3) is 28.2 Å². The summed E-state index contributed by atoms with van der Waals surface area (Å²) in [6, 6.07) is 15.7. The number of rotatable bonds is 7. The third-order valence-electron chi connectivity index (χ3n) is 7.21. The molecule has 41 heavy (non-hydrogen) atoms. The van der Waals surface area contributed by atoms with E-state index in [-0.39, 0.29) is 5.24 Å². The van der Waals surface area contributed by atoms with Crippen LogP contribution in [0.1, 0.15) is 29.7 Å². The molecule has 4 aromatic rings. The number of para-hydroxylation sites is 1. The van der Waals surface area contributed by atoms with Crippen LogP contribution in [0.5, 0.6) is 0 Å². The first-order valence-corrected chi connectivity index (χ1v) is 14.2. The van der Waals surface area contributed by atoms with Crippen LogP contribution >= 0.6 is 11.8 Å². The summed E-state index contributed by atoms with van der Waals surface area (Å²) < 4.78 is 0. The number of imide groups is 1. The zero-order valence-electron chi connectivity index (χ0n) is 22.1. The van der Waals surface area contributed by atoms with E-state index in [0.29, 0.717) is 40.3 Å². The van der Waals surface area contributed by atoms with Crippen molar-refractivity contribution in [3.05, 3.63) is 82.8 Å². The molecular formula is C30H26N8O2S. The molecule has 5 heterocycles. The van der Waals surface area contributed by atoms with E-state index in [9.17, 15) is 14.9 Å². The van der Waals surface area contributed by atoms with Gasteiger partial charge in [-0.15, -0.1) is 0 Å². The van der Waals surface area contributed by atoms with Gasteiger partial charge >= 0.3 is 0 Å². The number of aromatic nitrogens is 4. The van der Waals surface area contributed by atoms with Crippen LogP contribution in [-0.2, 0) is 11.3 Å². The van der Waals surface area contributed by atoms with Crippen molar-refractivity contribution >= 4 is 45.8 Å². The van der Waals surface area contributed by atoms with E-state index >= 15 is 0 Å². The second kappa shape index (κ2) is 11.8. The first-order valence-electron chi connectivity index (χ1n) is 13.3. The molecule has 2 aliphatic heterocycles. The van der Waals surface area contributed by atoms with Gasteiger partial charge in [0.25, 0.3) is 11.1 Å². The first-order chi connectivity index (χ1) is 20.1. The maximum absolute atomic E-state index is 11.8. The number of nitrogens with one attached hydrogen (secondary N) is 2. The molecule has 2 N–H and O–H groups in total. The Morgan fingerprint density at radius 1 is 1.10 bits per heavy atom. The number of anilines is 1. The van der Waals surface area contributed by atoms with Gasteiger partial charge in [-0.2, -0.15) is 5.26 Å². The standard InChI is InChI=1S/C30H26N8O2S/c31-15-21-13-20(18-35-27(21)24-6-10-33-25-4-2-1-3-23(24)25)17-32-16-19-7-11-38(12-8-19)29-34-9-5-22(36-29)14-26-28(39)37-30(40)41-26/h1-6,9-10,13-14,18-19,32H,7-8,11-12,16-17H2,(H,37,39,40). The van der Waals surface area contributed by atoms with E-state index in [1.54, 1.807) is 24.5 Å². The van der Waals surface area contributed by atoms with Crippen LogP contribution in [0.2, 0.25) is 0 Å². The number of hydrogen-bond donors (Lipinski definition) is 2. The molecular weight excluding hydrogens is 536 g/mol. The maximum atomic E-state index is 11.8. The number of fused-ring (bicyclic) bond motifs is 1. The number of hydrogen-bond acceptors (Lipinski definition) is 10. The summed E-state index contributed by atoms with van der Waals surface area (Å²) in [6.07, 6.45) is 8.86. The molecule has 1 aromatic carbocycles. The van der Waals surface area contributed by atoms with Gasteiger partial charge < -0.3 is 10.2 Å². The second-order valence-electron chi connectivity index (χ2n) is 9.92. The number of nitrogens with zero attached hydrogens (tertiary/aromatic N) is 6. The van der Waals surface area contributed by atoms with Crippen LogP contribution in [0, 0.1) is 17.2 Å². The highest BCUT2D eigenvalue weighted by Crippen LogP contribution is 2.29. The Morgan fingerprint density at radius 3 is 2.73 bits per heavy atom. The Kier molecular flexibility index (Phi) is 7.67. The van der Waals surface area contributed by atoms with Crippen molar-refractivity contribution in [2.24, 2.45) is 5.92 Å². The van der Waals surface area contributed by atoms with Crippen molar-refractivity contribution < 1.29 is 9.59 Å². The van der Waals surface area contributed by atoms with Gasteiger partial charge in [-0.1, -0.05) is 18.2 Å². The largest absolute Gasteiger partial charge is 0.341 e. The number of thioether (sulfide) groups is 1. The van der Waals surface area contributed by atoms with Crippen molar-refractivity contribution in [1.29, 1.82) is 5.26 Å². The van der Waals surface area contributed by atoms with Gasteiger partial charge in [0, 0.05) is 49.2 Å². The van der Waals surface area contributed by atoms with Crippen LogP contribution < -0.4 is 15.5 Å². The minimum Gasteiger partial charge on any atom is -0.341 e. The Hall–Kier alpha value is -4.66. The molecule has 2 saturated heterocycles. The number of benzene rings is 1. The summed E-state index contributed by atoms with van der Waals surface area (Å²) in [7, 11) is 0. The molecule has 0 unspecified atom stereocenters. The average molecular weight is 563 g/mol. The molecule has 0 atom stereocenters. The molecule has 10 nitrogen and oxygen atoms in total. The lowest BCUT2D eigenvalue weighted by Gasteiger charge is -2.32. The summed E-state index contributed by atoms with van der Waals surface area (Å²) in [5.41, 5.74) is 4.56. The molecule has 0 aliphatic carbocycles. The zero-order chi connectivity index (χ0) is 28.2. The van der Waals surface area contributed by atoms with Crippen LogP contribution in [-0.4, -0.2) is 50.7 Å². The lowest BCUT2D eigenvalue weighted by molar-refractivity contribution is -0.115. The monoisotopic (exact) mass is 562 g/mol. The Morgan fingerprint density at radius 2 is 1.93 bits per heavy atom. The fourth-order valence-electron chi connectivity index (χ4n) is 5.11. The van der Waals surface area contributed by atoms with Gasteiger partial charge in [0.1, 0.15) is 6.07 Å². The number of amides is 2. The normalized spacial score (nSPS) is 16.8. The number of carbonyl (C=O) groups excluding carboxylic acids is 2. The number of pyridine rings is 2. The van der Waals surface area contributed by atoms with Crippen LogP contribution in [0.15, 0.2) is 66.0 Å². The highest BCUT2D eigenvalue weighted by Gasteiger charge is 2.26. The minimum absolute atomic E-state index is 0.335. The SMILES string of the molecule is N#Cc1cc(CNCC2CCN(c3nccc(C=C4SC(=O)NC4=O)n3)CC2)cnc1-c1ccnc2ccccc12. The van der Waals surface area contributed by atoms with Gasteiger partial charge in [0.2, 0.25) is 5.95 Å². The van der Waals surface area contributed by atoms with Crippen LogP contribution in [0.3, 0.4) is 0 Å². The molecule has 0 radical (unpaired) electrons. The maximum Gasteiger partial charge on any atom is 0.290 e. The first kappa shape index (κ1) is 26.6.